The Balaban J connectivity index is 2.79. The van der Waals surface area contributed by atoms with Crippen molar-refractivity contribution in [2.24, 2.45) is 0 Å². The summed E-state index contributed by atoms with van der Waals surface area (Å²) in [6, 6.07) is 2.08. The van der Waals surface area contributed by atoms with E-state index in [9.17, 15) is 0 Å². The molecule has 0 N–H and O–H groups in total. The Morgan fingerprint density at radius 1 is 1.17 bits per heavy atom. The molecule has 0 aliphatic rings. The van der Waals surface area contributed by atoms with Gasteiger partial charge in [-0.1, -0.05) is 17.7 Å². The van der Waals surface area contributed by atoms with Crippen LogP contribution in [-0.2, 0) is 0 Å². The van der Waals surface area contributed by atoms with Crippen molar-refractivity contribution in [3.8, 4) is 17.0 Å². The molecule has 1 aromatic heterocycles. The summed E-state index contributed by atoms with van der Waals surface area (Å²) in [4.78, 5) is 3.96. The number of rotatable bonds is 2. The molecular formula is C13H14ClN3O. The standard InChI is InChI=1S/C13H14ClN3O/c1-7-5-8(2)10(12(18-4)9(7)3)11-13(14)15-6-16-17-11/h5-6H,1-4H3. The highest BCUT2D eigenvalue weighted by Crippen LogP contribution is 2.38. The second kappa shape index (κ2) is 4.90. The zero-order valence-electron chi connectivity index (χ0n) is 10.8. The maximum atomic E-state index is 6.08. The van der Waals surface area contributed by atoms with Gasteiger partial charge in [-0.05, 0) is 37.5 Å². The highest BCUT2D eigenvalue weighted by Gasteiger charge is 2.18. The van der Waals surface area contributed by atoms with Crippen LogP contribution in [0.3, 0.4) is 0 Å². The fraction of sp³-hybridized carbons (Fsp3) is 0.308. The number of aryl methyl sites for hydroxylation is 2. The molecule has 94 valence electrons. The van der Waals surface area contributed by atoms with Gasteiger partial charge in [0.2, 0.25) is 0 Å². The molecule has 0 saturated carbocycles. The predicted molar refractivity (Wildman–Crippen MR) is 71.0 cm³/mol. The lowest BCUT2D eigenvalue weighted by Gasteiger charge is -2.16. The molecule has 0 radical (unpaired) electrons. The van der Waals surface area contributed by atoms with Crippen LogP contribution in [0.25, 0.3) is 11.3 Å². The summed E-state index contributed by atoms with van der Waals surface area (Å²) >= 11 is 6.08. The van der Waals surface area contributed by atoms with Gasteiger partial charge in [-0.3, -0.25) is 0 Å². The number of halogens is 1. The summed E-state index contributed by atoms with van der Waals surface area (Å²) in [5.74, 6) is 0.775. The molecule has 4 nitrogen and oxygen atoms in total. The lowest BCUT2D eigenvalue weighted by atomic mass is 9.97. The zero-order chi connectivity index (χ0) is 13.3. The second-order valence-electron chi connectivity index (χ2n) is 4.14. The molecule has 0 saturated heterocycles. The minimum atomic E-state index is 0.328. The first-order valence-electron chi connectivity index (χ1n) is 5.54. The average molecular weight is 264 g/mol. The van der Waals surface area contributed by atoms with Crippen molar-refractivity contribution in [3.05, 3.63) is 34.2 Å². The lowest BCUT2D eigenvalue weighted by Crippen LogP contribution is -2.00. The molecule has 18 heavy (non-hydrogen) atoms. The second-order valence-corrected chi connectivity index (χ2v) is 4.50. The molecule has 0 aliphatic carbocycles. The van der Waals surface area contributed by atoms with Crippen LogP contribution in [0.1, 0.15) is 16.7 Å². The van der Waals surface area contributed by atoms with Gasteiger partial charge in [0.05, 0.1) is 12.7 Å². The largest absolute Gasteiger partial charge is 0.496 e. The van der Waals surface area contributed by atoms with Gasteiger partial charge < -0.3 is 4.74 Å². The molecule has 2 aromatic rings. The Bertz CT molecular complexity index is 599. The summed E-state index contributed by atoms with van der Waals surface area (Å²) < 4.78 is 5.49. The number of methoxy groups -OCH3 is 1. The first kappa shape index (κ1) is 12.8. The quantitative estimate of drug-likeness (QED) is 0.835. The van der Waals surface area contributed by atoms with Crippen LogP contribution < -0.4 is 4.74 Å². The number of aromatic nitrogens is 3. The first-order chi connectivity index (χ1) is 8.56. The molecule has 0 spiro atoms. The van der Waals surface area contributed by atoms with Crippen molar-refractivity contribution in [2.45, 2.75) is 20.8 Å². The Labute approximate surface area is 111 Å². The summed E-state index contributed by atoms with van der Waals surface area (Å²) in [6.07, 6.45) is 1.33. The Morgan fingerprint density at radius 3 is 2.50 bits per heavy atom. The van der Waals surface area contributed by atoms with Crippen LogP contribution in [0.5, 0.6) is 5.75 Å². The van der Waals surface area contributed by atoms with Crippen molar-refractivity contribution in [3.63, 3.8) is 0 Å². The minimum Gasteiger partial charge on any atom is -0.496 e. The van der Waals surface area contributed by atoms with E-state index in [-0.39, 0.29) is 0 Å². The molecule has 0 bridgehead atoms. The Hall–Kier alpha value is -1.68. The van der Waals surface area contributed by atoms with Gasteiger partial charge in [0, 0.05) is 0 Å². The maximum absolute atomic E-state index is 6.08. The van der Waals surface area contributed by atoms with E-state index in [4.69, 9.17) is 16.3 Å². The topological polar surface area (TPSA) is 47.9 Å². The third-order valence-corrected chi connectivity index (χ3v) is 3.28. The number of ether oxygens (including phenoxy) is 1. The van der Waals surface area contributed by atoms with Crippen LogP contribution in [0.4, 0.5) is 0 Å². The van der Waals surface area contributed by atoms with Gasteiger partial charge in [-0.15, -0.1) is 10.2 Å². The van der Waals surface area contributed by atoms with E-state index in [1.54, 1.807) is 7.11 Å². The molecule has 0 aliphatic heterocycles. The van der Waals surface area contributed by atoms with E-state index in [2.05, 4.69) is 21.2 Å². The van der Waals surface area contributed by atoms with E-state index in [1.807, 2.05) is 20.8 Å². The molecule has 0 unspecified atom stereocenters. The molecule has 1 aromatic carbocycles. The summed E-state index contributed by atoms with van der Waals surface area (Å²) in [5, 5.41) is 8.18. The smallest absolute Gasteiger partial charge is 0.159 e. The van der Waals surface area contributed by atoms with Crippen LogP contribution >= 0.6 is 11.6 Å². The van der Waals surface area contributed by atoms with Crippen LogP contribution in [0.15, 0.2) is 12.4 Å². The fourth-order valence-electron chi connectivity index (χ4n) is 2.02. The fourth-order valence-corrected chi connectivity index (χ4v) is 2.19. The highest BCUT2D eigenvalue weighted by molar-refractivity contribution is 6.31. The van der Waals surface area contributed by atoms with E-state index >= 15 is 0 Å². The van der Waals surface area contributed by atoms with Gasteiger partial charge in [-0.2, -0.15) is 0 Å². The van der Waals surface area contributed by atoms with Crippen molar-refractivity contribution >= 4 is 11.6 Å². The number of hydrogen-bond donors (Lipinski definition) is 0. The van der Waals surface area contributed by atoms with Crippen molar-refractivity contribution in [2.75, 3.05) is 7.11 Å². The van der Waals surface area contributed by atoms with Gasteiger partial charge >= 0.3 is 0 Å². The van der Waals surface area contributed by atoms with Gasteiger partial charge in [-0.25, -0.2) is 4.98 Å². The highest BCUT2D eigenvalue weighted by atomic mass is 35.5. The van der Waals surface area contributed by atoms with E-state index < -0.39 is 0 Å². The molecule has 2 rings (SSSR count). The number of nitrogens with zero attached hydrogens (tertiary/aromatic N) is 3. The third-order valence-electron chi connectivity index (χ3n) is 3.00. The lowest BCUT2D eigenvalue weighted by molar-refractivity contribution is 0.412. The van der Waals surface area contributed by atoms with Gasteiger partial charge in [0.25, 0.3) is 0 Å². The van der Waals surface area contributed by atoms with E-state index in [0.717, 1.165) is 22.4 Å². The molecule has 5 heteroatoms. The minimum absolute atomic E-state index is 0.328. The van der Waals surface area contributed by atoms with Gasteiger partial charge in [0.15, 0.2) is 5.15 Å². The van der Waals surface area contributed by atoms with E-state index in [0.29, 0.717) is 10.8 Å². The van der Waals surface area contributed by atoms with Crippen LogP contribution in [0.2, 0.25) is 5.15 Å². The van der Waals surface area contributed by atoms with Crippen molar-refractivity contribution in [1.82, 2.24) is 15.2 Å². The SMILES string of the molecule is COc1c(C)c(C)cc(C)c1-c1nncnc1Cl. The van der Waals surface area contributed by atoms with Crippen molar-refractivity contribution in [1.29, 1.82) is 0 Å². The van der Waals surface area contributed by atoms with Gasteiger partial charge in [0.1, 0.15) is 17.8 Å². The third kappa shape index (κ3) is 2.04. The molecule has 1 heterocycles. The van der Waals surface area contributed by atoms with E-state index in [1.165, 1.54) is 11.9 Å². The Morgan fingerprint density at radius 2 is 1.89 bits per heavy atom. The molecule has 0 amide bonds. The maximum Gasteiger partial charge on any atom is 0.159 e. The average Bonchev–Trinajstić information content (AvgIpc) is 2.34. The van der Waals surface area contributed by atoms with Crippen LogP contribution in [-0.4, -0.2) is 22.3 Å². The normalized spacial score (nSPS) is 10.5. The predicted octanol–water partition coefficient (Wildman–Crippen LogP) is 3.13. The van der Waals surface area contributed by atoms with Crippen molar-refractivity contribution < 1.29 is 4.74 Å². The number of benzene rings is 1. The first-order valence-corrected chi connectivity index (χ1v) is 5.92. The van der Waals surface area contributed by atoms with Crippen LogP contribution in [0, 0.1) is 20.8 Å². The molecule has 0 atom stereocenters. The Kier molecular flexibility index (Phi) is 3.48. The summed E-state index contributed by atoms with van der Waals surface area (Å²) in [6.45, 7) is 6.05. The number of hydrogen-bond acceptors (Lipinski definition) is 4. The zero-order valence-corrected chi connectivity index (χ0v) is 11.5. The molecule has 0 fully saturated rings. The summed E-state index contributed by atoms with van der Waals surface area (Å²) in [7, 11) is 1.64. The summed E-state index contributed by atoms with van der Waals surface area (Å²) in [5.41, 5.74) is 4.68. The monoisotopic (exact) mass is 263 g/mol. The molecular weight excluding hydrogens is 250 g/mol.